The van der Waals surface area contributed by atoms with Crippen molar-refractivity contribution in [3.63, 3.8) is 0 Å². The van der Waals surface area contributed by atoms with E-state index in [4.69, 9.17) is 4.98 Å². The number of thiazole rings is 1. The van der Waals surface area contributed by atoms with E-state index in [0.717, 1.165) is 25.4 Å². The van der Waals surface area contributed by atoms with E-state index in [9.17, 15) is 0 Å². The minimum absolute atomic E-state index is 0.513. The van der Waals surface area contributed by atoms with Crippen molar-refractivity contribution in [1.29, 1.82) is 0 Å². The quantitative estimate of drug-likeness (QED) is 0.908. The number of aromatic nitrogens is 1. The van der Waals surface area contributed by atoms with Gasteiger partial charge >= 0.3 is 0 Å². The Morgan fingerprint density at radius 2 is 2.18 bits per heavy atom. The molecule has 1 fully saturated rings. The van der Waals surface area contributed by atoms with E-state index in [1.807, 2.05) is 11.3 Å². The molecule has 1 aromatic carbocycles. The maximum atomic E-state index is 4.85. The van der Waals surface area contributed by atoms with E-state index in [1.165, 1.54) is 40.1 Å². The van der Waals surface area contributed by atoms with Crippen molar-refractivity contribution < 1.29 is 0 Å². The Labute approximate surface area is 137 Å². The molecule has 0 amide bonds. The van der Waals surface area contributed by atoms with E-state index in [-0.39, 0.29) is 0 Å². The summed E-state index contributed by atoms with van der Waals surface area (Å²) in [5, 5.41) is 4.95. The molecule has 4 heteroatoms. The van der Waals surface area contributed by atoms with Crippen LogP contribution in [0.4, 0.5) is 0 Å². The largest absolute Gasteiger partial charge is 0.310 e. The zero-order valence-corrected chi connectivity index (χ0v) is 14.7. The van der Waals surface area contributed by atoms with Crippen molar-refractivity contribution in [3.05, 3.63) is 28.8 Å². The average Bonchev–Trinajstić information content (AvgIpc) is 2.89. The van der Waals surface area contributed by atoms with Gasteiger partial charge in [-0.3, -0.25) is 0 Å². The van der Waals surface area contributed by atoms with Gasteiger partial charge in [0.15, 0.2) is 0 Å². The minimum atomic E-state index is 0.513. The van der Waals surface area contributed by atoms with E-state index < -0.39 is 0 Å². The zero-order chi connectivity index (χ0) is 15.5. The second kappa shape index (κ2) is 7.07. The number of nitrogens with zero attached hydrogens (tertiary/aromatic N) is 2. The van der Waals surface area contributed by atoms with Crippen LogP contribution in [0, 0.1) is 5.92 Å². The Bertz CT molecular complexity index is 612. The van der Waals surface area contributed by atoms with Gasteiger partial charge in [-0.05, 0) is 70.1 Å². The van der Waals surface area contributed by atoms with Crippen LogP contribution in [0.5, 0.6) is 0 Å². The normalized spacial score (nSPS) is 22.5. The van der Waals surface area contributed by atoms with Crippen LogP contribution < -0.4 is 5.32 Å². The van der Waals surface area contributed by atoms with Gasteiger partial charge in [0.05, 0.1) is 15.2 Å². The lowest BCUT2D eigenvalue weighted by molar-refractivity contribution is 0.333. The van der Waals surface area contributed by atoms with Crippen LogP contribution >= 0.6 is 11.3 Å². The Kier molecular flexibility index (Phi) is 5.11. The van der Waals surface area contributed by atoms with Crippen molar-refractivity contribution in [2.45, 2.75) is 38.6 Å². The van der Waals surface area contributed by atoms with Crippen LogP contribution in [0.3, 0.4) is 0 Å². The summed E-state index contributed by atoms with van der Waals surface area (Å²) in [6.07, 6.45) is 4.84. The summed E-state index contributed by atoms with van der Waals surface area (Å²) in [6, 6.07) is 7.36. The van der Waals surface area contributed by atoms with Gasteiger partial charge in [0.25, 0.3) is 0 Å². The molecule has 22 heavy (non-hydrogen) atoms. The molecule has 1 aromatic heterocycles. The van der Waals surface area contributed by atoms with Gasteiger partial charge in [0, 0.05) is 12.5 Å². The molecule has 3 rings (SSSR count). The van der Waals surface area contributed by atoms with Crippen LogP contribution in [-0.2, 0) is 6.42 Å². The summed E-state index contributed by atoms with van der Waals surface area (Å²) in [4.78, 5) is 7.09. The highest BCUT2D eigenvalue weighted by molar-refractivity contribution is 7.18. The molecule has 0 radical (unpaired) electrons. The van der Waals surface area contributed by atoms with Gasteiger partial charge in [-0.15, -0.1) is 11.3 Å². The fourth-order valence-corrected chi connectivity index (χ4v) is 4.14. The van der Waals surface area contributed by atoms with E-state index in [0.29, 0.717) is 6.04 Å². The van der Waals surface area contributed by atoms with Gasteiger partial charge < -0.3 is 10.2 Å². The number of hydrogen-bond acceptors (Lipinski definition) is 4. The molecular weight excluding hydrogens is 290 g/mol. The summed E-state index contributed by atoms with van der Waals surface area (Å²) in [7, 11) is 4.26. The standard InChI is InChI=1S/C18H27N3S/c1-13-6-8-15(19-12-13)14-7-9-17-16(11-14)20-18(22-17)5-4-10-21(2)3/h7,9,11,13,15,19H,4-6,8,10,12H2,1-3H3/t13-,15+/m0/s1. The summed E-state index contributed by atoms with van der Waals surface area (Å²) >= 11 is 1.85. The van der Waals surface area contributed by atoms with Crippen molar-refractivity contribution >= 4 is 21.6 Å². The summed E-state index contributed by atoms with van der Waals surface area (Å²) < 4.78 is 1.33. The lowest BCUT2D eigenvalue weighted by atomic mass is 9.92. The SMILES string of the molecule is C[C@H]1CC[C@H](c2ccc3sc(CCCN(C)C)nc3c2)NC1. The monoisotopic (exact) mass is 317 g/mol. The predicted molar refractivity (Wildman–Crippen MR) is 95.6 cm³/mol. The lowest BCUT2D eigenvalue weighted by Crippen LogP contribution is -2.31. The molecule has 2 atom stereocenters. The van der Waals surface area contributed by atoms with Gasteiger partial charge in [-0.1, -0.05) is 13.0 Å². The molecule has 0 unspecified atom stereocenters. The van der Waals surface area contributed by atoms with Gasteiger partial charge in [0.2, 0.25) is 0 Å². The first kappa shape index (κ1) is 15.9. The highest BCUT2D eigenvalue weighted by Gasteiger charge is 2.19. The third kappa shape index (κ3) is 3.86. The average molecular weight is 318 g/mol. The van der Waals surface area contributed by atoms with Crippen LogP contribution in [0.1, 0.15) is 42.8 Å². The van der Waals surface area contributed by atoms with Crippen molar-refractivity contribution in [2.24, 2.45) is 5.92 Å². The fraction of sp³-hybridized carbons (Fsp3) is 0.611. The topological polar surface area (TPSA) is 28.2 Å². The number of benzene rings is 1. The number of piperidine rings is 1. The molecule has 2 heterocycles. The smallest absolute Gasteiger partial charge is 0.0939 e. The Morgan fingerprint density at radius 3 is 2.91 bits per heavy atom. The number of hydrogen-bond donors (Lipinski definition) is 1. The maximum Gasteiger partial charge on any atom is 0.0939 e. The number of nitrogens with one attached hydrogen (secondary N) is 1. The number of fused-ring (bicyclic) bond motifs is 1. The third-order valence-electron chi connectivity index (χ3n) is 4.52. The van der Waals surface area contributed by atoms with E-state index in [2.05, 4.69) is 49.4 Å². The van der Waals surface area contributed by atoms with Crippen LogP contribution in [0.25, 0.3) is 10.2 Å². The molecule has 1 aliphatic heterocycles. The van der Waals surface area contributed by atoms with Crippen molar-refractivity contribution in [1.82, 2.24) is 15.2 Å². The first-order valence-electron chi connectivity index (χ1n) is 8.39. The molecule has 2 aromatic rings. The first-order valence-corrected chi connectivity index (χ1v) is 9.21. The second-order valence-electron chi connectivity index (χ2n) is 6.88. The maximum absolute atomic E-state index is 4.85. The predicted octanol–water partition coefficient (Wildman–Crippen LogP) is 3.85. The lowest BCUT2D eigenvalue weighted by Gasteiger charge is -2.28. The Hall–Kier alpha value is -0.970. The Balaban J connectivity index is 1.70. The molecule has 1 aliphatic rings. The fourth-order valence-electron chi connectivity index (χ4n) is 3.15. The molecule has 0 bridgehead atoms. The highest BCUT2D eigenvalue weighted by Crippen LogP contribution is 2.30. The molecule has 0 spiro atoms. The Morgan fingerprint density at radius 1 is 1.32 bits per heavy atom. The van der Waals surface area contributed by atoms with Gasteiger partial charge in [-0.25, -0.2) is 4.98 Å². The molecule has 0 saturated carbocycles. The van der Waals surface area contributed by atoms with Crippen LogP contribution in [0.15, 0.2) is 18.2 Å². The minimum Gasteiger partial charge on any atom is -0.310 e. The molecule has 3 nitrogen and oxygen atoms in total. The highest BCUT2D eigenvalue weighted by atomic mass is 32.1. The molecule has 1 saturated heterocycles. The van der Waals surface area contributed by atoms with Gasteiger partial charge in [-0.2, -0.15) is 0 Å². The van der Waals surface area contributed by atoms with Crippen LogP contribution in [0.2, 0.25) is 0 Å². The van der Waals surface area contributed by atoms with Crippen LogP contribution in [-0.4, -0.2) is 37.1 Å². The van der Waals surface area contributed by atoms with E-state index in [1.54, 1.807) is 0 Å². The molecule has 120 valence electrons. The summed E-state index contributed by atoms with van der Waals surface area (Å²) in [6.45, 7) is 4.59. The molecular formula is C18H27N3S. The van der Waals surface area contributed by atoms with Crippen molar-refractivity contribution in [3.8, 4) is 0 Å². The van der Waals surface area contributed by atoms with Crippen molar-refractivity contribution in [2.75, 3.05) is 27.2 Å². The second-order valence-corrected chi connectivity index (χ2v) is 8.00. The molecule has 1 N–H and O–H groups in total. The van der Waals surface area contributed by atoms with E-state index >= 15 is 0 Å². The third-order valence-corrected chi connectivity index (χ3v) is 5.61. The number of aryl methyl sites for hydroxylation is 1. The number of rotatable bonds is 5. The molecule has 0 aliphatic carbocycles. The first-order chi connectivity index (χ1) is 10.6. The van der Waals surface area contributed by atoms with Gasteiger partial charge in [0.1, 0.15) is 0 Å². The summed E-state index contributed by atoms with van der Waals surface area (Å²) in [5.41, 5.74) is 2.59. The summed E-state index contributed by atoms with van der Waals surface area (Å²) in [5.74, 6) is 0.808. The zero-order valence-electron chi connectivity index (χ0n) is 13.9.